The van der Waals surface area contributed by atoms with E-state index in [4.69, 9.17) is 0 Å². The average molecular weight is 225 g/mol. The van der Waals surface area contributed by atoms with Gasteiger partial charge in [-0.3, -0.25) is 0 Å². The van der Waals surface area contributed by atoms with Crippen molar-refractivity contribution in [2.75, 3.05) is 6.54 Å². The largest absolute Gasteiger partial charge is 0.314 e. The van der Waals surface area contributed by atoms with Crippen LogP contribution >= 0.6 is 0 Å². The van der Waals surface area contributed by atoms with Gasteiger partial charge in [-0.1, -0.05) is 13.0 Å². The summed E-state index contributed by atoms with van der Waals surface area (Å²) >= 11 is 0. The Bertz CT molecular complexity index is 339. The van der Waals surface area contributed by atoms with Gasteiger partial charge in [0, 0.05) is 11.6 Å². The van der Waals surface area contributed by atoms with Crippen LogP contribution in [0.15, 0.2) is 18.2 Å². The Kier molecular flexibility index (Phi) is 3.54. The highest BCUT2D eigenvalue weighted by Gasteiger charge is 2.33. The summed E-state index contributed by atoms with van der Waals surface area (Å²) < 4.78 is 26.9. The van der Waals surface area contributed by atoms with Crippen LogP contribution < -0.4 is 5.32 Å². The Morgan fingerprint density at radius 2 is 1.88 bits per heavy atom. The second-order valence-corrected chi connectivity index (χ2v) is 4.45. The van der Waals surface area contributed by atoms with Crippen molar-refractivity contribution in [2.45, 2.75) is 38.1 Å². The number of halogens is 2. The highest BCUT2D eigenvalue weighted by molar-refractivity contribution is 5.26. The third-order valence-electron chi connectivity index (χ3n) is 3.23. The van der Waals surface area contributed by atoms with Gasteiger partial charge in [0.2, 0.25) is 0 Å². The van der Waals surface area contributed by atoms with Gasteiger partial charge in [0.15, 0.2) is 0 Å². The summed E-state index contributed by atoms with van der Waals surface area (Å²) in [6.45, 7) is 3.09. The molecule has 0 heterocycles. The van der Waals surface area contributed by atoms with Crippen LogP contribution in [0.1, 0.15) is 37.7 Å². The maximum Gasteiger partial charge on any atom is 0.129 e. The second kappa shape index (κ2) is 4.91. The van der Waals surface area contributed by atoms with Crippen molar-refractivity contribution in [2.24, 2.45) is 0 Å². The van der Waals surface area contributed by atoms with Gasteiger partial charge in [-0.15, -0.1) is 0 Å². The molecule has 1 nitrogen and oxygen atoms in total. The van der Waals surface area contributed by atoms with Crippen LogP contribution in [-0.2, 0) is 0 Å². The van der Waals surface area contributed by atoms with Crippen molar-refractivity contribution in [1.29, 1.82) is 0 Å². The number of hydrogen-bond donors (Lipinski definition) is 1. The van der Waals surface area contributed by atoms with Gasteiger partial charge >= 0.3 is 0 Å². The molecule has 3 heteroatoms. The molecule has 0 atom stereocenters. The predicted molar refractivity (Wildman–Crippen MR) is 60.4 cm³/mol. The lowest BCUT2D eigenvalue weighted by molar-refractivity contribution is 0.280. The van der Waals surface area contributed by atoms with Crippen LogP contribution in [0.3, 0.4) is 0 Å². The fourth-order valence-electron chi connectivity index (χ4n) is 2.27. The van der Waals surface area contributed by atoms with Crippen LogP contribution in [0.4, 0.5) is 8.78 Å². The minimum absolute atomic E-state index is 0.0514. The van der Waals surface area contributed by atoms with E-state index in [1.807, 2.05) is 0 Å². The SMILES string of the molecule is CCCNC1CC(c2c(F)cccc2F)C1. The van der Waals surface area contributed by atoms with E-state index in [-0.39, 0.29) is 11.5 Å². The topological polar surface area (TPSA) is 12.0 Å². The zero-order valence-electron chi connectivity index (χ0n) is 9.47. The van der Waals surface area contributed by atoms with E-state index in [0.717, 1.165) is 25.8 Å². The van der Waals surface area contributed by atoms with Crippen LogP contribution in [0.2, 0.25) is 0 Å². The molecule has 0 radical (unpaired) electrons. The third-order valence-corrected chi connectivity index (χ3v) is 3.23. The quantitative estimate of drug-likeness (QED) is 0.829. The molecule has 16 heavy (non-hydrogen) atoms. The Morgan fingerprint density at radius 3 is 2.44 bits per heavy atom. The molecule has 0 aromatic heterocycles. The van der Waals surface area contributed by atoms with E-state index in [1.54, 1.807) is 0 Å². The number of hydrogen-bond acceptors (Lipinski definition) is 1. The molecule has 0 aliphatic heterocycles. The fourth-order valence-corrected chi connectivity index (χ4v) is 2.27. The molecular formula is C13H17F2N. The first-order chi connectivity index (χ1) is 7.72. The lowest BCUT2D eigenvalue weighted by atomic mass is 9.75. The summed E-state index contributed by atoms with van der Waals surface area (Å²) in [5.74, 6) is -0.756. The van der Waals surface area contributed by atoms with Crippen molar-refractivity contribution >= 4 is 0 Å². The number of rotatable bonds is 4. The molecule has 0 bridgehead atoms. The van der Waals surface area contributed by atoms with E-state index in [1.165, 1.54) is 18.2 Å². The number of nitrogens with one attached hydrogen (secondary N) is 1. The first-order valence-corrected chi connectivity index (χ1v) is 5.89. The molecule has 1 aliphatic rings. The third kappa shape index (κ3) is 2.24. The minimum Gasteiger partial charge on any atom is -0.314 e. The number of benzene rings is 1. The molecular weight excluding hydrogens is 208 g/mol. The van der Waals surface area contributed by atoms with Crippen molar-refractivity contribution in [3.8, 4) is 0 Å². The molecule has 1 aromatic rings. The molecule has 2 rings (SSSR count). The summed E-state index contributed by atoms with van der Waals surface area (Å²) in [4.78, 5) is 0. The van der Waals surface area contributed by atoms with Crippen LogP contribution in [0, 0.1) is 11.6 Å². The van der Waals surface area contributed by atoms with E-state index in [0.29, 0.717) is 6.04 Å². The molecule has 1 N–H and O–H groups in total. The molecule has 1 fully saturated rings. The maximum atomic E-state index is 13.4. The summed E-state index contributed by atoms with van der Waals surface area (Å²) in [7, 11) is 0. The molecule has 0 amide bonds. The van der Waals surface area contributed by atoms with E-state index < -0.39 is 11.6 Å². The summed E-state index contributed by atoms with van der Waals surface area (Å²) in [5, 5.41) is 3.36. The van der Waals surface area contributed by atoms with Gasteiger partial charge in [-0.2, -0.15) is 0 Å². The van der Waals surface area contributed by atoms with E-state index in [9.17, 15) is 8.78 Å². The average Bonchev–Trinajstić information content (AvgIpc) is 2.19. The Hall–Kier alpha value is -0.960. The van der Waals surface area contributed by atoms with Crippen molar-refractivity contribution in [3.63, 3.8) is 0 Å². The van der Waals surface area contributed by atoms with Crippen molar-refractivity contribution in [3.05, 3.63) is 35.4 Å². The highest BCUT2D eigenvalue weighted by Crippen LogP contribution is 2.39. The summed E-state index contributed by atoms with van der Waals surface area (Å²) in [6.07, 6.45) is 2.78. The Morgan fingerprint density at radius 1 is 1.25 bits per heavy atom. The second-order valence-electron chi connectivity index (χ2n) is 4.45. The van der Waals surface area contributed by atoms with Gasteiger partial charge < -0.3 is 5.32 Å². The molecule has 88 valence electrons. The molecule has 1 aliphatic carbocycles. The van der Waals surface area contributed by atoms with Gasteiger partial charge in [0.05, 0.1) is 0 Å². The normalized spacial score (nSPS) is 24.2. The zero-order valence-corrected chi connectivity index (χ0v) is 9.47. The molecule has 1 aromatic carbocycles. The predicted octanol–water partition coefficient (Wildman–Crippen LogP) is 3.21. The molecule has 0 unspecified atom stereocenters. The van der Waals surface area contributed by atoms with Gasteiger partial charge in [-0.25, -0.2) is 8.78 Å². The lowest BCUT2D eigenvalue weighted by Gasteiger charge is -2.36. The Labute approximate surface area is 94.9 Å². The van der Waals surface area contributed by atoms with Crippen molar-refractivity contribution < 1.29 is 8.78 Å². The van der Waals surface area contributed by atoms with Gasteiger partial charge in [0.1, 0.15) is 11.6 Å². The highest BCUT2D eigenvalue weighted by atomic mass is 19.1. The fraction of sp³-hybridized carbons (Fsp3) is 0.538. The molecule has 0 spiro atoms. The first-order valence-electron chi connectivity index (χ1n) is 5.89. The van der Waals surface area contributed by atoms with Crippen LogP contribution in [-0.4, -0.2) is 12.6 Å². The minimum atomic E-state index is -0.404. The lowest BCUT2D eigenvalue weighted by Crippen LogP contribution is -2.40. The van der Waals surface area contributed by atoms with E-state index in [2.05, 4.69) is 12.2 Å². The molecule has 1 saturated carbocycles. The summed E-state index contributed by atoms with van der Waals surface area (Å²) in [6, 6.07) is 4.53. The van der Waals surface area contributed by atoms with Crippen LogP contribution in [0.25, 0.3) is 0 Å². The smallest absolute Gasteiger partial charge is 0.129 e. The monoisotopic (exact) mass is 225 g/mol. The summed E-state index contributed by atoms with van der Waals surface area (Å²) in [5.41, 5.74) is 0.275. The van der Waals surface area contributed by atoms with Gasteiger partial charge in [0.25, 0.3) is 0 Å². The standard InChI is InChI=1S/C13H17F2N/c1-2-6-16-10-7-9(8-10)13-11(14)4-3-5-12(13)15/h3-5,9-10,16H,2,6-8H2,1H3. The van der Waals surface area contributed by atoms with Gasteiger partial charge in [-0.05, 0) is 43.9 Å². The molecule has 0 saturated heterocycles. The zero-order chi connectivity index (χ0) is 11.5. The first kappa shape index (κ1) is 11.5. The Balaban J connectivity index is 1.96. The van der Waals surface area contributed by atoms with Crippen molar-refractivity contribution in [1.82, 2.24) is 5.32 Å². The van der Waals surface area contributed by atoms with Crippen LogP contribution in [0.5, 0.6) is 0 Å². The van der Waals surface area contributed by atoms with E-state index >= 15 is 0 Å². The maximum absolute atomic E-state index is 13.4.